The van der Waals surface area contributed by atoms with E-state index in [1.54, 1.807) is 18.0 Å². The highest BCUT2D eigenvalue weighted by atomic mass is 32.2. The number of carbonyl (C=O) groups is 1. The van der Waals surface area contributed by atoms with Crippen molar-refractivity contribution in [3.63, 3.8) is 0 Å². The molecule has 4 atom stereocenters. The summed E-state index contributed by atoms with van der Waals surface area (Å²) in [5, 5.41) is 16.0. The van der Waals surface area contributed by atoms with Crippen LogP contribution < -0.4 is 10.6 Å². The Morgan fingerprint density at radius 1 is 1.06 bits per heavy atom. The lowest BCUT2D eigenvalue weighted by atomic mass is 9.91. The number of hydrogen-bond acceptors (Lipinski definition) is 6. The molecule has 1 saturated heterocycles. The molecule has 4 rings (SSSR count). The summed E-state index contributed by atoms with van der Waals surface area (Å²) in [6, 6.07) is 15.7. The predicted molar refractivity (Wildman–Crippen MR) is 139 cm³/mol. The minimum Gasteiger partial charge on any atom is -0.392 e. The Morgan fingerprint density at radius 3 is 2.39 bits per heavy atom. The molecule has 1 fully saturated rings. The monoisotopic (exact) mass is 510 g/mol. The van der Waals surface area contributed by atoms with E-state index in [2.05, 4.69) is 22.5 Å². The standard InChI is InChI=1S/C27H34N4O4S/c1-4-28-26(33)30-15-19-5-11-22(12-6-19)25-34-23(17-36-27-29-13-14-31(27)3)18(2)24(35-25)21-9-7-20(16-32)8-10-21/h5-14,18,23-25,32H,4,15-17H2,1-3H3,(H2,28,30,33)/t18-,23+,24+,25+/m0/s1. The summed E-state index contributed by atoms with van der Waals surface area (Å²) >= 11 is 1.67. The van der Waals surface area contributed by atoms with Crippen molar-refractivity contribution in [3.8, 4) is 0 Å². The van der Waals surface area contributed by atoms with Crippen molar-refractivity contribution >= 4 is 17.8 Å². The SMILES string of the molecule is CCNC(=O)NCc1ccc([C@@H]2O[C@H](CSc3nccn3C)[C@H](C)[C@H](c3ccc(CO)cc3)O2)cc1. The first-order valence-electron chi connectivity index (χ1n) is 12.2. The number of imidazole rings is 1. The highest BCUT2D eigenvalue weighted by molar-refractivity contribution is 7.99. The maximum absolute atomic E-state index is 11.7. The zero-order valence-corrected chi connectivity index (χ0v) is 21.7. The van der Waals surface area contributed by atoms with Crippen molar-refractivity contribution in [1.82, 2.24) is 20.2 Å². The quantitative estimate of drug-likeness (QED) is 0.371. The molecule has 0 unspecified atom stereocenters. The molecule has 192 valence electrons. The summed E-state index contributed by atoms with van der Waals surface area (Å²) in [4.78, 5) is 16.1. The molecule has 1 aliphatic rings. The molecule has 36 heavy (non-hydrogen) atoms. The summed E-state index contributed by atoms with van der Waals surface area (Å²) in [6.45, 7) is 5.08. The molecule has 3 aromatic rings. The van der Waals surface area contributed by atoms with Gasteiger partial charge in [0.05, 0.1) is 18.8 Å². The summed E-state index contributed by atoms with van der Waals surface area (Å²) in [6.07, 6.45) is 2.98. The first-order valence-corrected chi connectivity index (χ1v) is 13.2. The van der Waals surface area contributed by atoms with Crippen molar-refractivity contribution in [2.24, 2.45) is 13.0 Å². The average Bonchev–Trinajstić information content (AvgIpc) is 3.32. The fourth-order valence-corrected chi connectivity index (χ4v) is 5.25. The molecule has 2 aromatic carbocycles. The van der Waals surface area contributed by atoms with E-state index in [1.807, 2.05) is 73.3 Å². The highest BCUT2D eigenvalue weighted by Gasteiger charge is 2.38. The number of aryl methyl sites for hydroxylation is 1. The van der Waals surface area contributed by atoms with E-state index in [0.717, 1.165) is 33.2 Å². The minimum atomic E-state index is -0.527. The smallest absolute Gasteiger partial charge is 0.315 e. The molecule has 0 aliphatic carbocycles. The van der Waals surface area contributed by atoms with Gasteiger partial charge in [-0.3, -0.25) is 0 Å². The van der Waals surface area contributed by atoms with Gasteiger partial charge in [0.2, 0.25) is 0 Å². The number of urea groups is 1. The summed E-state index contributed by atoms with van der Waals surface area (Å²) in [5.74, 6) is 0.848. The second kappa shape index (κ2) is 12.4. The lowest BCUT2D eigenvalue weighted by Gasteiger charge is -2.41. The Morgan fingerprint density at radius 2 is 1.75 bits per heavy atom. The number of aliphatic hydroxyl groups is 1. The lowest BCUT2D eigenvalue weighted by Crippen LogP contribution is -2.38. The molecule has 3 N–H and O–H groups in total. The van der Waals surface area contributed by atoms with E-state index >= 15 is 0 Å². The maximum atomic E-state index is 11.7. The molecule has 9 heteroatoms. The number of aromatic nitrogens is 2. The minimum absolute atomic E-state index is 0.0112. The van der Waals surface area contributed by atoms with E-state index in [-0.39, 0.29) is 30.8 Å². The van der Waals surface area contributed by atoms with E-state index in [1.165, 1.54) is 0 Å². The molecule has 1 aliphatic heterocycles. The van der Waals surface area contributed by atoms with Gasteiger partial charge in [-0.05, 0) is 23.6 Å². The Balaban J connectivity index is 1.51. The van der Waals surface area contributed by atoms with Crippen molar-refractivity contribution < 1.29 is 19.4 Å². The van der Waals surface area contributed by atoms with E-state index < -0.39 is 6.29 Å². The van der Waals surface area contributed by atoms with Gasteiger partial charge in [0.1, 0.15) is 0 Å². The molecule has 1 aromatic heterocycles. The van der Waals surface area contributed by atoms with Crippen LogP contribution in [0.5, 0.6) is 0 Å². The number of aliphatic hydroxyl groups excluding tert-OH is 1. The van der Waals surface area contributed by atoms with Crippen molar-refractivity contribution in [2.45, 2.75) is 50.7 Å². The number of nitrogens with one attached hydrogen (secondary N) is 2. The van der Waals surface area contributed by atoms with Crippen LogP contribution in [0.2, 0.25) is 0 Å². The van der Waals surface area contributed by atoms with Crippen LogP contribution in [0.4, 0.5) is 4.79 Å². The maximum Gasteiger partial charge on any atom is 0.315 e. The Labute approximate surface area is 216 Å². The van der Waals surface area contributed by atoms with Gasteiger partial charge in [0, 0.05) is 49.8 Å². The number of thioether (sulfide) groups is 1. The van der Waals surface area contributed by atoms with Crippen molar-refractivity contribution in [2.75, 3.05) is 12.3 Å². The van der Waals surface area contributed by atoms with Crippen molar-refractivity contribution in [1.29, 1.82) is 0 Å². The topological polar surface area (TPSA) is 97.6 Å². The summed E-state index contributed by atoms with van der Waals surface area (Å²) in [5.41, 5.74) is 3.84. The third kappa shape index (κ3) is 6.47. The molecule has 2 amide bonds. The Hall–Kier alpha value is -2.85. The molecule has 0 bridgehead atoms. The molecule has 2 heterocycles. The number of carbonyl (C=O) groups excluding carboxylic acids is 1. The normalized spacial score (nSPS) is 21.8. The van der Waals surface area contributed by atoms with Crippen LogP contribution in [0.3, 0.4) is 0 Å². The Bertz CT molecular complexity index is 1120. The largest absolute Gasteiger partial charge is 0.392 e. The van der Waals surface area contributed by atoms with Crippen LogP contribution in [0.25, 0.3) is 0 Å². The van der Waals surface area contributed by atoms with E-state index in [0.29, 0.717) is 13.1 Å². The lowest BCUT2D eigenvalue weighted by molar-refractivity contribution is -0.268. The van der Waals surface area contributed by atoms with E-state index in [4.69, 9.17) is 9.47 Å². The van der Waals surface area contributed by atoms with Gasteiger partial charge in [-0.25, -0.2) is 9.78 Å². The van der Waals surface area contributed by atoms with Crippen LogP contribution in [0.15, 0.2) is 66.1 Å². The van der Waals surface area contributed by atoms with E-state index in [9.17, 15) is 9.90 Å². The van der Waals surface area contributed by atoms with Crippen LogP contribution in [-0.4, -0.2) is 39.1 Å². The molecular formula is C27H34N4O4S. The van der Waals surface area contributed by atoms with Crippen LogP contribution in [-0.2, 0) is 29.7 Å². The van der Waals surface area contributed by atoms with Crippen molar-refractivity contribution in [3.05, 3.63) is 83.2 Å². The van der Waals surface area contributed by atoms with Crippen LogP contribution in [0.1, 0.15) is 48.5 Å². The summed E-state index contributed by atoms with van der Waals surface area (Å²) < 4.78 is 15.0. The second-order valence-corrected chi connectivity index (χ2v) is 9.90. The number of hydrogen-bond donors (Lipinski definition) is 3. The molecule has 0 radical (unpaired) electrons. The predicted octanol–water partition coefficient (Wildman–Crippen LogP) is 4.32. The van der Waals surface area contributed by atoms with Gasteiger partial charge >= 0.3 is 6.03 Å². The fraction of sp³-hybridized carbons (Fsp3) is 0.407. The van der Waals surface area contributed by atoms with Gasteiger partial charge in [-0.1, -0.05) is 67.2 Å². The third-order valence-corrected chi connectivity index (χ3v) is 7.47. The first-order chi connectivity index (χ1) is 17.5. The molecule has 0 spiro atoms. The fourth-order valence-electron chi connectivity index (χ4n) is 4.16. The third-order valence-electron chi connectivity index (χ3n) is 6.32. The van der Waals surface area contributed by atoms with Gasteiger partial charge < -0.3 is 29.8 Å². The van der Waals surface area contributed by atoms with Crippen LogP contribution >= 0.6 is 11.8 Å². The number of benzene rings is 2. The zero-order valence-electron chi connectivity index (χ0n) is 20.9. The van der Waals surface area contributed by atoms with Gasteiger partial charge in [-0.2, -0.15) is 0 Å². The number of rotatable bonds is 9. The highest BCUT2D eigenvalue weighted by Crippen LogP contribution is 2.42. The van der Waals surface area contributed by atoms with Gasteiger partial charge in [0.25, 0.3) is 0 Å². The van der Waals surface area contributed by atoms with Gasteiger partial charge in [-0.15, -0.1) is 0 Å². The van der Waals surface area contributed by atoms with Crippen LogP contribution in [0, 0.1) is 5.92 Å². The number of ether oxygens (including phenoxy) is 2. The Kier molecular flexibility index (Phi) is 9.03. The molecule has 0 saturated carbocycles. The summed E-state index contributed by atoms with van der Waals surface area (Å²) in [7, 11) is 1.99. The zero-order chi connectivity index (χ0) is 25.5. The molecular weight excluding hydrogens is 476 g/mol. The van der Waals surface area contributed by atoms with Gasteiger partial charge in [0.15, 0.2) is 11.4 Å². The number of amides is 2. The first kappa shape index (κ1) is 26.2. The average molecular weight is 511 g/mol. The molecule has 8 nitrogen and oxygen atoms in total. The second-order valence-electron chi connectivity index (χ2n) is 8.91. The number of nitrogens with zero attached hydrogens (tertiary/aromatic N) is 2.